The first kappa shape index (κ1) is 19.8. The number of halogens is 1. The Morgan fingerprint density at radius 2 is 1.97 bits per heavy atom. The number of carbonyl (C=O) groups excluding carboxylic acids is 2. The minimum atomic E-state index is -0.276. The molecule has 2 aromatic carbocycles. The minimum Gasteiger partial charge on any atom is -0.315 e. The number of likely N-dealkylation sites (N-methyl/N-ethyl adjacent to an activating group) is 1. The molecule has 1 amide bonds. The molecule has 4 aromatic rings. The number of ketones is 1. The molecule has 0 bridgehead atoms. The summed E-state index contributed by atoms with van der Waals surface area (Å²) in [7, 11) is 1.74. The van der Waals surface area contributed by atoms with E-state index in [1.165, 1.54) is 41.6 Å². The quantitative estimate of drug-likeness (QED) is 0.244. The van der Waals surface area contributed by atoms with Crippen molar-refractivity contribution >= 4 is 50.7 Å². The van der Waals surface area contributed by atoms with Gasteiger partial charge >= 0.3 is 0 Å². The second kappa shape index (κ2) is 7.86. The van der Waals surface area contributed by atoms with Gasteiger partial charge in [-0.25, -0.2) is 14.4 Å². The Kier molecular flexibility index (Phi) is 5.03. The van der Waals surface area contributed by atoms with Gasteiger partial charge in [-0.05, 0) is 47.5 Å². The maximum atomic E-state index is 13.2. The standard InChI is InChI=1S/C23H16FN3O2S2/c1-27-18-7-4-14(8-15(18)9-21(27)29)19(28)11-30-23-22-17(25-12-26-23)10-20(31-22)13-2-5-16(24)6-3-13/h2-8,10,12H,9,11H2,1H3. The highest BCUT2D eigenvalue weighted by atomic mass is 32.2. The van der Waals surface area contributed by atoms with Crippen LogP contribution in [0.5, 0.6) is 0 Å². The van der Waals surface area contributed by atoms with Gasteiger partial charge in [-0.3, -0.25) is 9.59 Å². The van der Waals surface area contributed by atoms with Crippen molar-refractivity contribution in [2.75, 3.05) is 17.7 Å². The number of anilines is 1. The van der Waals surface area contributed by atoms with Gasteiger partial charge in [0.05, 0.1) is 22.4 Å². The minimum absolute atomic E-state index is 0.0168. The molecule has 2 aromatic heterocycles. The van der Waals surface area contributed by atoms with E-state index in [-0.39, 0.29) is 23.3 Å². The molecule has 0 radical (unpaired) electrons. The van der Waals surface area contributed by atoms with Crippen LogP contribution in [0.25, 0.3) is 20.7 Å². The highest BCUT2D eigenvalue weighted by Gasteiger charge is 2.25. The first-order valence-corrected chi connectivity index (χ1v) is 11.4. The summed E-state index contributed by atoms with van der Waals surface area (Å²) >= 11 is 2.90. The van der Waals surface area contributed by atoms with E-state index in [0.29, 0.717) is 12.0 Å². The topological polar surface area (TPSA) is 63.2 Å². The second-order valence-corrected chi connectivity index (χ2v) is 9.21. The van der Waals surface area contributed by atoms with E-state index in [9.17, 15) is 14.0 Å². The summed E-state index contributed by atoms with van der Waals surface area (Å²) in [6.45, 7) is 0. The number of fused-ring (bicyclic) bond motifs is 2. The molecule has 0 fully saturated rings. The van der Waals surface area contributed by atoms with Gasteiger partial charge in [0.25, 0.3) is 0 Å². The number of amides is 1. The van der Waals surface area contributed by atoms with Crippen molar-refractivity contribution in [3.8, 4) is 10.4 Å². The third-order valence-corrected chi connectivity index (χ3v) is 7.52. The van der Waals surface area contributed by atoms with Crippen LogP contribution >= 0.6 is 23.1 Å². The third kappa shape index (κ3) is 3.73. The maximum Gasteiger partial charge on any atom is 0.231 e. The van der Waals surface area contributed by atoms with Crippen LogP contribution in [0.15, 0.2) is 59.9 Å². The monoisotopic (exact) mass is 449 g/mol. The number of benzene rings is 2. The molecule has 0 unspecified atom stereocenters. The molecule has 0 N–H and O–H groups in total. The Labute approximate surface area is 185 Å². The largest absolute Gasteiger partial charge is 0.315 e. The normalized spacial score (nSPS) is 13.1. The molecule has 31 heavy (non-hydrogen) atoms. The fraction of sp³-hybridized carbons (Fsp3) is 0.130. The van der Waals surface area contributed by atoms with E-state index in [1.54, 1.807) is 30.1 Å². The predicted octanol–water partition coefficient (Wildman–Crippen LogP) is 4.99. The van der Waals surface area contributed by atoms with Crippen LogP contribution in [-0.4, -0.2) is 34.5 Å². The average Bonchev–Trinajstić information content (AvgIpc) is 3.33. The molecule has 1 aliphatic heterocycles. The van der Waals surface area contributed by atoms with E-state index in [4.69, 9.17) is 0 Å². The van der Waals surface area contributed by atoms with E-state index >= 15 is 0 Å². The van der Waals surface area contributed by atoms with Gasteiger partial charge in [0.15, 0.2) is 5.78 Å². The number of nitrogens with zero attached hydrogens (tertiary/aromatic N) is 3. The number of hydrogen-bond donors (Lipinski definition) is 0. The highest BCUT2D eigenvalue weighted by molar-refractivity contribution is 8.00. The lowest BCUT2D eigenvalue weighted by atomic mass is 10.1. The summed E-state index contributed by atoms with van der Waals surface area (Å²) in [4.78, 5) is 35.9. The molecule has 0 aliphatic carbocycles. The van der Waals surface area contributed by atoms with Gasteiger partial charge in [0, 0.05) is 23.2 Å². The van der Waals surface area contributed by atoms with Gasteiger partial charge in [-0.1, -0.05) is 23.9 Å². The molecule has 154 valence electrons. The van der Waals surface area contributed by atoms with Gasteiger partial charge < -0.3 is 4.90 Å². The van der Waals surface area contributed by atoms with Crippen LogP contribution in [0.1, 0.15) is 15.9 Å². The number of Topliss-reactive ketones (excluding diaryl/α,β-unsaturated/α-hetero) is 1. The Bertz CT molecular complexity index is 1330. The zero-order valence-electron chi connectivity index (χ0n) is 16.5. The van der Waals surface area contributed by atoms with Crippen molar-refractivity contribution in [1.82, 2.24) is 9.97 Å². The van der Waals surface area contributed by atoms with Crippen molar-refractivity contribution in [3.05, 3.63) is 71.8 Å². The third-order valence-electron chi connectivity index (χ3n) is 5.23. The van der Waals surface area contributed by atoms with Gasteiger partial charge in [-0.15, -0.1) is 11.3 Å². The maximum absolute atomic E-state index is 13.2. The van der Waals surface area contributed by atoms with Crippen molar-refractivity contribution in [1.29, 1.82) is 0 Å². The molecule has 0 saturated heterocycles. The number of carbonyl (C=O) groups is 2. The highest BCUT2D eigenvalue weighted by Crippen LogP contribution is 2.37. The Hall–Kier alpha value is -3.10. The SMILES string of the molecule is CN1C(=O)Cc2cc(C(=O)CSc3ncnc4cc(-c5ccc(F)cc5)sc34)ccc21. The van der Waals surface area contributed by atoms with E-state index in [0.717, 1.165) is 36.9 Å². The van der Waals surface area contributed by atoms with Gasteiger partial charge in [0.2, 0.25) is 5.91 Å². The van der Waals surface area contributed by atoms with Crippen LogP contribution in [0, 0.1) is 5.82 Å². The molecule has 0 atom stereocenters. The Morgan fingerprint density at radius 1 is 1.16 bits per heavy atom. The first-order chi connectivity index (χ1) is 15.0. The lowest BCUT2D eigenvalue weighted by Gasteiger charge is -2.10. The number of aromatic nitrogens is 2. The zero-order valence-corrected chi connectivity index (χ0v) is 18.1. The number of hydrogen-bond acceptors (Lipinski definition) is 6. The number of thiophene rings is 1. The van der Waals surface area contributed by atoms with Crippen LogP contribution in [0.3, 0.4) is 0 Å². The summed E-state index contributed by atoms with van der Waals surface area (Å²) in [6.07, 6.45) is 1.82. The second-order valence-electron chi connectivity index (χ2n) is 7.20. The molecule has 0 saturated carbocycles. The molecular formula is C23H16FN3O2S2. The molecule has 5 rings (SSSR count). The first-order valence-electron chi connectivity index (χ1n) is 9.55. The van der Waals surface area contributed by atoms with Crippen molar-refractivity contribution in [2.24, 2.45) is 0 Å². The molecule has 3 heterocycles. The summed E-state index contributed by atoms with van der Waals surface area (Å²) in [5.74, 6) is -0.0239. The fourth-order valence-electron chi connectivity index (χ4n) is 3.55. The van der Waals surface area contributed by atoms with E-state index in [1.807, 2.05) is 18.2 Å². The molecule has 1 aliphatic rings. The lowest BCUT2D eigenvalue weighted by molar-refractivity contribution is -0.117. The van der Waals surface area contributed by atoms with E-state index in [2.05, 4.69) is 9.97 Å². The average molecular weight is 450 g/mol. The summed E-state index contributed by atoms with van der Waals surface area (Å²) < 4.78 is 14.1. The number of rotatable bonds is 5. The summed E-state index contributed by atoms with van der Waals surface area (Å²) in [5, 5.41) is 0.743. The van der Waals surface area contributed by atoms with E-state index < -0.39 is 0 Å². The lowest BCUT2D eigenvalue weighted by Crippen LogP contribution is -2.20. The number of thioether (sulfide) groups is 1. The fourth-order valence-corrected chi connectivity index (χ4v) is 5.65. The van der Waals surface area contributed by atoms with Crippen LogP contribution < -0.4 is 4.90 Å². The van der Waals surface area contributed by atoms with Crippen LogP contribution in [-0.2, 0) is 11.2 Å². The zero-order chi connectivity index (χ0) is 21.5. The Balaban J connectivity index is 1.36. The van der Waals surface area contributed by atoms with Crippen molar-refractivity contribution in [3.63, 3.8) is 0 Å². The summed E-state index contributed by atoms with van der Waals surface area (Å²) in [5.41, 5.74) is 4.05. The molecule has 0 spiro atoms. The van der Waals surface area contributed by atoms with Gasteiger partial charge in [-0.2, -0.15) is 0 Å². The van der Waals surface area contributed by atoms with Crippen LogP contribution in [0.2, 0.25) is 0 Å². The van der Waals surface area contributed by atoms with Crippen LogP contribution in [0.4, 0.5) is 10.1 Å². The summed E-state index contributed by atoms with van der Waals surface area (Å²) in [6, 6.07) is 13.7. The Morgan fingerprint density at radius 3 is 2.77 bits per heavy atom. The van der Waals surface area contributed by atoms with Crippen molar-refractivity contribution in [2.45, 2.75) is 11.4 Å². The predicted molar refractivity (Wildman–Crippen MR) is 121 cm³/mol. The molecular weight excluding hydrogens is 433 g/mol. The van der Waals surface area contributed by atoms with Crippen molar-refractivity contribution < 1.29 is 14.0 Å². The smallest absolute Gasteiger partial charge is 0.231 e. The van der Waals surface area contributed by atoms with Gasteiger partial charge in [0.1, 0.15) is 17.2 Å². The molecule has 8 heteroatoms. The molecule has 5 nitrogen and oxygen atoms in total.